The quantitative estimate of drug-likeness (QED) is 0.317. The van der Waals surface area contributed by atoms with E-state index in [9.17, 15) is 35.6 Å². The number of fused-ring (bicyclic) bond motifs is 1. The fraction of sp³-hybridized carbons (Fsp3) is 0.240. The average Bonchev–Trinajstić information content (AvgIpc) is 2.88. The molecule has 0 bridgehead atoms. The van der Waals surface area contributed by atoms with Gasteiger partial charge in [0.1, 0.15) is 5.82 Å². The first-order chi connectivity index (χ1) is 18.4. The Kier molecular flexibility index (Phi) is 8.23. The number of amides is 1. The van der Waals surface area contributed by atoms with Gasteiger partial charge >= 0.3 is 12.1 Å². The highest BCUT2D eigenvalue weighted by Gasteiger charge is 2.38. The minimum Gasteiger partial charge on any atom is -0.456 e. The van der Waals surface area contributed by atoms with Gasteiger partial charge in [-0.3, -0.25) is 9.59 Å². The molecular weight excluding hydrogens is 566 g/mol. The molecule has 1 aliphatic heterocycles. The summed E-state index contributed by atoms with van der Waals surface area (Å²) in [4.78, 5) is 28.3. The van der Waals surface area contributed by atoms with Gasteiger partial charge in [-0.25, -0.2) is 17.8 Å². The number of nitrogens with zero attached hydrogens (tertiary/aromatic N) is 2. The molecule has 1 atom stereocenters. The third kappa shape index (κ3) is 6.54. The van der Waals surface area contributed by atoms with E-state index >= 15 is 0 Å². The van der Waals surface area contributed by atoms with Crippen LogP contribution in [0.1, 0.15) is 29.2 Å². The molecule has 1 aliphatic rings. The van der Waals surface area contributed by atoms with Gasteiger partial charge in [-0.15, -0.1) is 0 Å². The number of pyridine rings is 1. The van der Waals surface area contributed by atoms with Gasteiger partial charge in [0.2, 0.25) is 10.0 Å². The number of rotatable bonds is 7. The van der Waals surface area contributed by atoms with E-state index in [0.717, 1.165) is 34.1 Å². The number of hydrogen-bond acceptors (Lipinski definition) is 6. The normalized spacial score (nSPS) is 15.9. The zero-order chi connectivity index (χ0) is 28.4. The highest BCUT2D eigenvalue weighted by molar-refractivity contribution is 7.89. The minimum absolute atomic E-state index is 0.0489. The second kappa shape index (κ2) is 11.3. The summed E-state index contributed by atoms with van der Waals surface area (Å²) in [5, 5.41) is 1.69. The molecule has 1 aromatic heterocycles. The number of halogens is 5. The molecule has 1 amide bonds. The first-order valence-electron chi connectivity index (χ1n) is 11.4. The van der Waals surface area contributed by atoms with Crippen molar-refractivity contribution in [3.8, 4) is 0 Å². The van der Waals surface area contributed by atoms with Crippen molar-refractivity contribution in [2.24, 2.45) is 0 Å². The summed E-state index contributed by atoms with van der Waals surface area (Å²) in [5.74, 6) is -2.79. The van der Waals surface area contributed by atoms with Crippen molar-refractivity contribution < 1.29 is 40.3 Å². The third-order valence-electron chi connectivity index (χ3n) is 5.93. The summed E-state index contributed by atoms with van der Waals surface area (Å²) in [6, 6.07) is 10.9. The van der Waals surface area contributed by atoms with Gasteiger partial charge in [-0.05, 0) is 47.9 Å². The van der Waals surface area contributed by atoms with Crippen LogP contribution in [0.25, 0.3) is 0 Å². The first-order valence-corrected chi connectivity index (χ1v) is 13.2. The van der Waals surface area contributed by atoms with Crippen LogP contribution in [0.4, 0.5) is 23.4 Å². The Hall–Kier alpha value is -3.55. The maximum Gasteiger partial charge on any atom is 0.417 e. The molecule has 2 aromatic carbocycles. The van der Waals surface area contributed by atoms with Crippen LogP contribution in [0.5, 0.6) is 0 Å². The number of ether oxygens (including phenoxy) is 1. The van der Waals surface area contributed by atoms with Crippen molar-refractivity contribution in [2.75, 3.05) is 18.5 Å². The SMILES string of the molecule is O=C(COC(=O)CC1c2ccccc2CCN1S(=O)(=O)c1ccc(F)cc1)Nc1ncc(C(F)(F)F)cc1Cl. The van der Waals surface area contributed by atoms with Gasteiger partial charge in [0.05, 0.1) is 27.9 Å². The van der Waals surface area contributed by atoms with E-state index in [1.807, 2.05) is 6.07 Å². The zero-order valence-corrected chi connectivity index (χ0v) is 21.5. The maximum absolute atomic E-state index is 13.4. The Bertz CT molecular complexity index is 1500. The highest BCUT2D eigenvalue weighted by Crippen LogP contribution is 2.37. The number of alkyl halides is 3. The van der Waals surface area contributed by atoms with Crippen LogP contribution in [0.3, 0.4) is 0 Å². The van der Waals surface area contributed by atoms with E-state index in [-0.39, 0.29) is 17.3 Å². The van der Waals surface area contributed by atoms with Crippen LogP contribution in [-0.2, 0) is 36.9 Å². The summed E-state index contributed by atoms with van der Waals surface area (Å²) in [5.41, 5.74) is 0.308. The van der Waals surface area contributed by atoms with E-state index in [0.29, 0.717) is 24.2 Å². The monoisotopic (exact) mass is 585 g/mol. The molecule has 3 aromatic rings. The predicted molar refractivity (Wildman–Crippen MR) is 132 cm³/mol. The van der Waals surface area contributed by atoms with Gasteiger partial charge in [0.25, 0.3) is 5.91 Å². The molecule has 39 heavy (non-hydrogen) atoms. The molecule has 0 spiro atoms. The number of hydrogen-bond donors (Lipinski definition) is 1. The number of sulfonamides is 1. The lowest BCUT2D eigenvalue weighted by molar-refractivity contribution is -0.148. The Balaban J connectivity index is 1.46. The molecule has 1 unspecified atom stereocenters. The van der Waals surface area contributed by atoms with E-state index < -0.39 is 63.5 Å². The van der Waals surface area contributed by atoms with Crippen molar-refractivity contribution in [1.82, 2.24) is 9.29 Å². The van der Waals surface area contributed by atoms with Crippen molar-refractivity contribution in [2.45, 2.75) is 30.0 Å². The summed E-state index contributed by atoms with van der Waals surface area (Å²) >= 11 is 5.77. The topological polar surface area (TPSA) is 106 Å². The molecule has 0 radical (unpaired) electrons. The largest absolute Gasteiger partial charge is 0.456 e. The second-order valence-corrected chi connectivity index (χ2v) is 10.8. The minimum atomic E-state index is -4.68. The summed E-state index contributed by atoms with van der Waals surface area (Å²) in [7, 11) is -4.13. The molecule has 2 heterocycles. The van der Waals surface area contributed by atoms with E-state index in [4.69, 9.17) is 16.3 Å². The van der Waals surface area contributed by atoms with Crippen LogP contribution in [-0.4, -0.2) is 42.7 Å². The van der Waals surface area contributed by atoms with E-state index in [1.54, 1.807) is 18.2 Å². The van der Waals surface area contributed by atoms with Crippen LogP contribution in [0.15, 0.2) is 65.7 Å². The Labute approximate surface area is 225 Å². The lowest BCUT2D eigenvalue weighted by Crippen LogP contribution is -2.41. The number of nitrogens with one attached hydrogen (secondary N) is 1. The molecule has 0 aliphatic carbocycles. The van der Waals surface area contributed by atoms with Crippen LogP contribution >= 0.6 is 11.6 Å². The second-order valence-electron chi connectivity index (χ2n) is 8.50. The van der Waals surface area contributed by atoms with Gasteiger partial charge in [-0.2, -0.15) is 17.5 Å². The number of benzene rings is 2. The number of aromatic nitrogens is 1. The molecule has 0 fully saturated rings. The lowest BCUT2D eigenvalue weighted by atomic mass is 9.92. The molecule has 1 N–H and O–H groups in total. The molecular formula is C25H20ClF4N3O5S. The van der Waals surface area contributed by atoms with Gasteiger partial charge in [-0.1, -0.05) is 35.9 Å². The van der Waals surface area contributed by atoms with Crippen molar-refractivity contribution >= 4 is 39.3 Å². The Morgan fingerprint density at radius 2 is 1.82 bits per heavy atom. The molecule has 206 valence electrons. The van der Waals surface area contributed by atoms with E-state index in [2.05, 4.69) is 10.3 Å². The lowest BCUT2D eigenvalue weighted by Gasteiger charge is -2.36. The van der Waals surface area contributed by atoms with Gasteiger partial charge in [0.15, 0.2) is 12.4 Å². The zero-order valence-electron chi connectivity index (χ0n) is 19.9. The summed E-state index contributed by atoms with van der Waals surface area (Å²) < 4.78 is 84.6. The Morgan fingerprint density at radius 3 is 2.49 bits per heavy atom. The fourth-order valence-electron chi connectivity index (χ4n) is 4.09. The van der Waals surface area contributed by atoms with Gasteiger partial charge < -0.3 is 10.1 Å². The van der Waals surface area contributed by atoms with Crippen LogP contribution in [0, 0.1) is 5.82 Å². The fourth-order valence-corrected chi connectivity index (χ4v) is 5.91. The first kappa shape index (κ1) is 28.5. The third-order valence-corrected chi connectivity index (χ3v) is 8.14. The molecule has 8 nitrogen and oxygen atoms in total. The van der Waals surface area contributed by atoms with Crippen LogP contribution in [0.2, 0.25) is 5.02 Å². The molecule has 0 saturated heterocycles. The highest BCUT2D eigenvalue weighted by atomic mass is 35.5. The molecule has 4 rings (SSSR count). The van der Waals surface area contributed by atoms with Crippen LogP contribution < -0.4 is 5.32 Å². The number of anilines is 1. The molecule has 14 heteroatoms. The number of carbonyl (C=O) groups excluding carboxylic acids is 2. The predicted octanol–water partition coefficient (Wildman–Crippen LogP) is 4.75. The average molecular weight is 586 g/mol. The van der Waals surface area contributed by atoms with Crippen molar-refractivity contribution in [3.05, 3.63) is 88.3 Å². The summed E-state index contributed by atoms with van der Waals surface area (Å²) in [6.45, 7) is -0.774. The smallest absolute Gasteiger partial charge is 0.417 e. The summed E-state index contributed by atoms with van der Waals surface area (Å²) in [6.07, 6.45) is -4.25. The van der Waals surface area contributed by atoms with Crippen molar-refractivity contribution in [3.63, 3.8) is 0 Å². The number of carbonyl (C=O) groups is 2. The Morgan fingerprint density at radius 1 is 1.13 bits per heavy atom. The van der Waals surface area contributed by atoms with Gasteiger partial charge in [0, 0.05) is 12.7 Å². The standard InChI is InChI=1S/C25H20ClF4N3O5S/c26-20-11-16(25(28,29)30)13-31-24(20)32-22(34)14-38-23(35)12-21-19-4-2-1-3-15(19)9-10-33(21)39(36,37)18-7-5-17(27)6-8-18/h1-8,11,13,21H,9-10,12,14H2,(H,31,32,34). The maximum atomic E-state index is 13.4. The number of esters is 1. The van der Waals surface area contributed by atoms with Crippen molar-refractivity contribution in [1.29, 1.82) is 0 Å². The molecule has 0 saturated carbocycles. The van der Waals surface area contributed by atoms with E-state index in [1.165, 1.54) is 0 Å².